The summed E-state index contributed by atoms with van der Waals surface area (Å²) < 4.78 is 5.16. The zero-order valence-corrected chi connectivity index (χ0v) is 11.6. The standard InChI is InChI=1S/C15H12N2O2S/c1-19-12-5-4-10-7-11(9-16-13(10)8-12)17-15(18)14-3-2-6-20-14/h2-9H,1H3,(H,17,18). The van der Waals surface area contributed by atoms with Crippen molar-refractivity contribution in [3.8, 4) is 5.75 Å². The molecule has 0 atom stereocenters. The third-order valence-corrected chi connectivity index (χ3v) is 3.76. The number of thiophene rings is 1. The number of hydrogen-bond acceptors (Lipinski definition) is 4. The van der Waals surface area contributed by atoms with Crippen molar-refractivity contribution < 1.29 is 9.53 Å². The van der Waals surface area contributed by atoms with Crippen LogP contribution in [0.5, 0.6) is 5.75 Å². The van der Waals surface area contributed by atoms with Crippen LogP contribution in [0.1, 0.15) is 9.67 Å². The molecule has 1 aromatic carbocycles. The molecule has 0 bridgehead atoms. The molecule has 3 rings (SSSR count). The fourth-order valence-corrected chi connectivity index (χ4v) is 2.52. The van der Waals surface area contributed by atoms with Crippen LogP contribution in [0, 0.1) is 0 Å². The number of aromatic nitrogens is 1. The molecule has 20 heavy (non-hydrogen) atoms. The van der Waals surface area contributed by atoms with Gasteiger partial charge in [-0.3, -0.25) is 9.78 Å². The van der Waals surface area contributed by atoms with E-state index in [1.165, 1.54) is 11.3 Å². The Balaban J connectivity index is 1.88. The van der Waals surface area contributed by atoms with Crippen LogP contribution < -0.4 is 10.1 Å². The average Bonchev–Trinajstić information content (AvgIpc) is 3.01. The highest BCUT2D eigenvalue weighted by Crippen LogP contribution is 2.22. The maximum atomic E-state index is 12.0. The SMILES string of the molecule is COc1ccc2cc(NC(=O)c3cccs3)cnc2c1. The largest absolute Gasteiger partial charge is 0.497 e. The molecular weight excluding hydrogens is 272 g/mol. The monoisotopic (exact) mass is 284 g/mol. The Morgan fingerprint density at radius 1 is 1.30 bits per heavy atom. The van der Waals surface area contributed by atoms with Crippen molar-refractivity contribution in [2.24, 2.45) is 0 Å². The number of pyridine rings is 1. The van der Waals surface area contributed by atoms with Gasteiger partial charge in [-0.15, -0.1) is 11.3 Å². The quantitative estimate of drug-likeness (QED) is 0.800. The van der Waals surface area contributed by atoms with Crippen LogP contribution in [0.15, 0.2) is 48.0 Å². The number of nitrogens with one attached hydrogen (secondary N) is 1. The minimum absolute atomic E-state index is 0.116. The van der Waals surface area contributed by atoms with E-state index >= 15 is 0 Å². The molecule has 4 nitrogen and oxygen atoms in total. The molecule has 100 valence electrons. The first-order chi connectivity index (χ1) is 9.76. The van der Waals surface area contributed by atoms with E-state index in [1.807, 2.05) is 35.7 Å². The van der Waals surface area contributed by atoms with E-state index in [0.29, 0.717) is 10.6 Å². The molecule has 0 fully saturated rings. The molecule has 0 spiro atoms. The van der Waals surface area contributed by atoms with Crippen LogP contribution >= 0.6 is 11.3 Å². The Morgan fingerprint density at radius 2 is 2.20 bits per heavy atom. The van der Waals surface area contributed by atoms with Gasteiger partial charge >= 0.3 is 0 Å². The normalized spacial score (nSPS) is 10.4. The van der Waals surface area contributed by atoms with Crippen molar-refractivity contribution in [2.75, 3.05) is 12.4 Å². The summed E-state index contributed by atoms with van der Waals surface area (Å²) in [6, 6.07) is 11.2. The fraction of sp³-hybridized carbons (Fsp3) is 0.0667. The molecule has 5 heteroatoms. The lowest BCUT2D eigenvalue weighted by Gasteiger charge is -2.06. The Bertz CT molecular complexity index is 754. The van der Waals surface area contributed by atoms with Gasteiger partial charge in [0.25, 0.3) is 5.91 Å². The first-order valence-electron chi connectivity index (χ1n) is 6.05. The van der Waals surface area contributed by atoms with E-state index in [4.69, 9.17) is 4.74 Å². The lowest BCUT2D eigenvalue weighted by Crippen LogP contribution is -2.10. The van der Waals surface area contributed by atoms with Gasteiger partial charge in [-0.25, -0.2) is 0 Å². The number of carbonyl (C=O) groups excluding carboxylic acids is 1. The predicted molar refractivity (Wildman–Crippen MR) is 80.6 cm³/mol. The minimum atomic E-state index is -0.116. The van der Waals surface area contributed by atoms with E-state index in [1.54, 1.807) is 19.4 Å². The number of anilines is 1. The molecule has 0 saturated carbocycles. The molecule has 1 amide bonds. The molecule has 0 aliphatic carbocycles. The molecule has 0 unspecified atom stereocenters. The average molecular weight is 284 g/mol. The molecule has 0 radical (unpaired) electrons. The maximum Gasteiger partial charge on any atom is 0.265 e. The van der Waals surface area contributed by atoms with Gasteiger partial charge in [0.05, 0.1) is 29.4 Å². The Hall–Kier alpha value is -2.40. The maximum absolute atomic E-state index is 12.0. The second kappa shape index (κ2) is 5.30. The lowest BCUT2D eigenvalue weighted by molar-refractivity contribution is 0.103. The van der Waals surface area contributed by atoms with Crippen molar-refractivity contribution >= 4 is 33.8 Å². The Labute approximate surface area is 120 Å². The van der Waals surface area contributed by atoms with E-state index in [9.17, 15) is 4.79 Å². The molecule has 2 aromatic heterocycles. The zero-order chi connectivity index (χ0) is 13.9. The topological polar surface area (TPSA) is 51.2 Å². The number of benzene rings is 1. The lowest BCUT2D eigenvalue weighted by atomic mass is 10.2. The predicted octanol–water partition coefficient (Wildman–Crippen LogP) is 3.56. The summed E-state index contributed by atoms with van der Waals surface area (Å²) in [6.45, 7) is 0. The van der Waals surface area contributed by atoms with Crippen molar-refractivity contribution in [1.82, 2.24) is 4.98 Å². The third-order valence-electron chi connectivity index (χ3n) is 2.89. The number of nitrogens with zero attached hydrogens (tertiary/aromatic N) is 1. The van der Waals surface area contributed by atoms with Gasteiger partial charge < -0.3 is 10.1 Å². The molecule has 1 N–H and O–H groups in total. The summed E-state index contributed by atoms with van der Waals surface area (Å²) in [5.74, 6) is 0.648. The van der Waals surface area contributed by atoms with Gasteiger partial charge in [0.2, 0.25) is 0 Å². The molecular formula is C15H12N2O2S. The zero-order valence-electron chi connectivity index (χ0n) is 10.8. The summed E-state index contributed by atoms with van der Waals surface area (Å²) in [4.78, 5) is 17.0. The number of carbonyl (C=O) groups is 1. The van der Waals surface area contributed by atoms with Crippen LogP contribution in [-0.4, -0.2) is 18.0 Å². The Kier molecular flexibility index (Phi) is 3.35. The van der Waals surface area contributed by atoms with Gasteiger partial charge in [0, 0.05) is 11.5 Å². The summed E-state index contributed by atoms with van der Waals surface area (Å²) in [5.41, 5.74) is 1.51. The van der Waals surface area contributed by atoms with Gasteiger partial charge in [-0.2, -0.15) is 0 Å². The Morgan fingerprint density at radius 3 is 2.95 bits per heavy atom. The summed E-state index contributed by atoms with van der Waals surface area (Å²) in [5, 5.41) is 5.67. The van der Waals surface area contributed by atoms with Crippen LogP contribution in [0.4, 0.5) is 5.69 Å². The number of rotatable bonds is 3. The molecule has 3 aromatic rings. The minimum Gasteiger partial charge on any atom is -0.497 e. The first kappa shape index (κ1) is 12.6. The van der Waals surface area contributed by atoms with Crippen molar-refractivity contribution in [1.29, 1.82) is 0 Å². The number of methoxy groups -OCH3 is 1. The van der Waals surface area contributed by atoms with Crippen LogP contribution in [0.25, 0.3) is 10.9 Å². The van der Waals surface area contributed by atoms with E-state index in [0.717, 1.165) is 16.7 Å². The van der Waals surface area contributed by atoms with Crippen molar-refractivity contribution in [3.63, 3.8) is 0 Å². The van der Waals surface area contributed by atoms with E-state index in [2.05, 4.69) is 10.3 Å². The molecule has 2 heterocycles. The number of ether oxygens (including phenoxy) is 1. The van der Waals surface area contributed by atoms with E-state index < -0.39 is 0 Å². The second-order valence-electron chi connectivity index (χ2n) is 4.21. The third kappa shape index (κ3) is 2.48. The summed E-state index contributed by atoms with van der Waals surface area (Å²) in [7, 11) is 1.62. The molecule has 0 saturated heterocycles. The first-order valence-corrected chi connectivity index (χ1v) is 6.93. The number of amides is 1. The van der Waals surface area contributed by atoms with Gasteiger partial charge in [0.1, 0.15) is 5.75 Å². The van der Waals surface area contributed by atoms with Gasteiger partial charge in [-0.1, -0.05) is 6.07 Å². The summed E-state index contributed by atoms with van der Waals surface area (Å²) >= 11 is 1.41. The van der Waals surface area contributed by atoms with Crippen LogP contribution in [0.3, 0.4) is 0 Å². The molecule has 0 aliphatic heterocycles. The highest BCUT2D eigenvalue weighted by Gasteiger charge is 2.07. The number of fused-ring (bicyclic) bond motifs is 1. The van der Waals surface area contributed by atoms with Crippen molar-refractivity contribution in [3.05, 3.63) is 52.9 Å². The van der Waals surface area contributed by atoms with E-state index in [-0.39, 0.29) is 5.91 Å². The summed E-state index contributed by atoms with van der Waals surface area (Å²) in [6.07, 6.45) is 1.65. The smallest absolute Gasteiger partial charge is 0.265 e. The highest BCUT2D eigenvalue weighted by molar-refractivity contribution is 7.12. The van der Waals surface area contributed by atoms with Gasteiger partial charge in [-0.05, 0) is 29.6 Å². The number of hydrogen-bond donors (Lipinski definition) is 1. The molecule has 0 aliphatic rings. The van der Waals surface area contributed by atoms with Gasteiger partial charge in [0.15, 0.2) is 0 Å². The van der Waals surface area contributed by atoms with Crippen LogP contribution in [0.2, 0.25) is 0 Å². The van der Waals surface area contributed by atoms with Crippen molar-refractivity contribution in [2.45, 2.75) is 0 Å². The van der Waals surface area contributed by atoms with Crippen LogP contribution in [-0.2, 0) is 0 Å². The second-order valence-corrected chi connectivity index (χ2v) is 5.16. The highest BCUT2D eigenvalue weighted by atomic mass is 32.1. The fourth-order valence-electron chi connectivity index (χ4n) is 1.90.